The molecule has 0 radical (unpaired) electrons. The standard InChI is InChI=1S/C20H28N4O/c1-13(2)22-19(25)23-17-10-20(4,5)11-18-16(17)12-21-24(18)15-8-6-14(3)7-9-15/h6-9,12-13,17H,10-11H2,1-5H3,(H2,22,23,25). The summed E-state index contributed by atoms with van der Waals surface area (Å²) in [6.07, 6.45) is 3.76. The number of aromatic nitrogens is 2. The first-order valence-corrected chi connectivity index (χ1v) is 8.96. The Balaban J connectivity index is 1.93. The first kappa shape index (κ1) is 17.5. The molecule has 5 nitrogen and oxygen atoms in total. The normalized spacial score (nSPS) is 18.7. The second kappa shape index (κ2) is 6.54. The Kier molecular flexibility index (Phi) is 4.58. The first-order chi connectivity index (χ1) is 11.7. The molecule has 134 valence electrons. The molecule has 1 aromatic heterocycles. The third-order valence-corrected chi connectivity index (χ3v) is 4.68. The average Bonchev–Trinajstić information content (AvgIpc) is 2.89. The molecule has 2 amide bonds. The van der Waals surface area contributed by atoms with Crippen molar-refractivity contribution in [3.63, 3.8) is 0 Å². The number of hydrogen-bond donors (Lipinski definition) is 2. The largest absolute Gasteiger partial charge is 0.336 e. The molecular weight excluding hydrogens is 312 g/mol. The summed E-state index contributed by atoms with van der Waals surface area (Å²) in [7, 11) is 0. The van der Waals surface area contributed by atoms with Gasteiger partial charge in [0.05, 0.1) is 23.6 Å². The first-order valence-electron chi connectivity index (χ1n) is 8.96. The van der Waals surface area contributed by atoms with Crippen LogP contribution in [-0.4, -0.2) is 21.9 Å². The van der Waals surface area contributed by atoms with Gasteiger partial charge in [-0.25, -0.2) is 9.48 Å². The van der Waals surface area contributed by atoms with E-state index >= 15 is 0 Å². The van der Waals surface area contributed by atoms with Gasteiger partial charge < -0.3 is 10.6 Å². The lowest BCUT2D eigenvalue weighted by molar-refractivity contribution is 0.219. The molecule has 0 saturated carbocycles. The fraction of sp³-hybridized carbons (Fsp3) is 0.500. The Morgan fingerprint density at radius 1 is 1.28 bits per heavy atom. The second-order valence-electron chi connectivity index (χ2n) is 8.16. The molecule has 2 aromatic rings. The van der Waals surface area contributed by atoms with Gasteiger partial charge in [-0.3, -0.25) is 0 Å². The van der Waals surface area contributed by atoms with Crippen LogP contribution in [-0.2, 0) is 6.42 Å². The summed E-state index contributed by atoms with van der Waals surface area (Å²) in [6, 6.07) is 8.37. The highest BCUT2D eigenvalue weighted by molar-refractivity contribution is 5.74. The maximum Gasteiger partial charge on any atom is 0.315 e. The van der Waals surface area contributed by atoms with Gasteiger partial charge in [0.15, 0.2) is 0 Å². The minimum absolute atomic E-state index is 0.0169. The Morgan fingerprint density at radius 2 is 1.96 bits per heavy atom. The maximum absolute atomic E-state index is 12.2. The Labute approximate surface area is 149 Å². The molecule has 3 rings (SSSR count). The minimum atomic E-state index is -0.119. The summed E-state index contributed by atoms with van der Waals surface area (Å²) in [4.78, 5) is 12.2. The van der Waals surface area contributed by atoms with Gasteiger partial charge in [0.1, 0.15) is 0 Å². The fourth-order valence-corrected chi connectivity index (χ4v) is 3.54. The average molecular weight is 340 g/mol. The molecule has 0 spiro atoms. The summed E-state index contributed by atoms with van der Waals surface area (Å²) in [5.74, 6) is 0. The van der Waals surface area contributed by atoms with E-state index < -0.39 is 0 Å². The molecule has 0 fully saturated rings. The van der Waals surface area contributed by atoms with Crippen molar-refractivity contribution < 1.29 is 4.79 Å². The highest BCUT2D eigenvalue weighted by atomic mass is 16.2. The molecule has 1 aliphatic carbocycles. The molecule has 1 atom stereocenters. The number of nitrogens with zero attached hydrogens (tertiary/aromatic N) is 2. The molecule has 1 aliphatic rings. The lowest BCUT2D eigenvalue weighted by atomic mass is 9.74. The van der Waals surface area contributed by atoms with Crippen molar-refractivity contribution in [1.29, 1.82) is 0 Å². The van der Waals surface area contributed by atoms with E-state index in [-0.39, 0.29) is 23.5 Å². The van der Waals surface area contributed by atoms with Crippen LogP contribution in [0.5, 0.6) is 0 Å². The van der Waals surface area contributed by atoms with Crippen LogP contribution < -0.4 is 10.6 Å². The summed E-state index contributed by atoms with van der Waals surface area (Å²) in [5.41, 5.74) is 4.71. The van der Waals surface area contributed by atoms with Gasteiger partial charge in [-0.05, 0) is 51.2 Å². The highest BCUT2D eigenvalue weighted by Gasteiger charge is 2.36. The van der Waals surface area contributed by atoms with Gasteiger partial charge in [0.2, 0.25) is 0 Å². The second-order valence-corrected chi connectivity index (χ2v) is 8.16. The number of aryl methyl sites for hydroxylation is 1. The predicted molar refractivity (Wildman–Crippen MR) is 99.9 cm³/mol. The maximum atomic E-state index is 12.2. The zero-order chi connectivity index (χ0) is 18.2. The minimum Gasteiger partial charge on any atom is -0.336 e. The molecule has 2 N–H and O–H groups in total. The summed E-state index contributed by atoms with van der Waals surface area (Å²) in [6.45, 7) is 10.5. The topological polar surface area (TPSA) is 59.0 Å². The predicted octanol–water partition coefficient (Wildman–Crippen LogP) is 3.90. The van der Waals surface area contributed by atoms with Gasteiger partial charge in [0.25, 0.3) is 0 Å². The lowest BCUT2D eigenvalue weighted by Gasteiger charge is -2.36. The van der Waals surface area contributed by atoms with E-state index in [4.69, 9.17) is 0 Å². The molecule has 0 bridgehead atoms. The van der Waals surface area contributed by atoms with Gasteiger partial charge in [-0.2, -0.15) is 5.10 Å². The Morgan fingerprint density at radius 3 is 2.60 bits per heavy atom. The smallest absolute Gasteiger partial charge is 0.315 e. The Hall–Kier alpha value is -2.30. The number of amides is 2. The quantitative estimate of drug-likeness (QED) is 0.890. The van der Waals surface area contributed by atoms with E-state index in [1.807, 2.05) is 24.7 Å². The molecular formula is C20H28N4O. The summed E-state index contributed by atoms with van der Waals surface area (Å²) in [5, 5.41) is 10.7. The van der Waals surface area contributed by atoms with Crippen molar-refractivity contribution in [2.75, 3.05) is 0 Å². The van der Waals surface area contributed by atoms with Crippen LogP contribution in [0.3, 0.4) is 0 Å². The van der Waals surface area contributed by atoms with Crippen molar-refractivity contribution >= 4 is 6.03 Å². The van der Waals surface area contributed by atoms with Crippen LogP contribution >= 0.6 is 0 Å². The lowest BCUT2D eigenvalue weighted by Crippen LogP contribution is -2.44. The van der Waals surface area contributed by atoms with Crippen LogP contribution in [0.25, 0.3) is 5.69 Å². The number of hydrogen-bond acceptors (Lipinski definition) is 2. The molecule has 0 saturated heterocycles. The van der Waals surface area contributed by atoms with Crippen molar-refractivity contribution in [1.82, 2.24) is 20.4 Å². The molecule has 0 aliphatic heterocycles. The van der Waals surface area contributed by atoms with Gasteiger partial charge in [-0.1, -0.05) is 31.5 Å². The number of carbonyl (C=O) groups is 1. The van der Waals surface area contributed by atoms with E-state index in [2.05, 4.69) is 60.8 Å². The molecule has 1 heterocycles. The molecule has 25 heavy (non-hydrogen) atoms. The van der Waals surface area contributed by atoms with Crippen molar-refractivity contribution in [2.24, 2.45) is 5.41 Å². The summed E-state index contributed by atoms with van der Waals surface area (Å²) >= 11 is 0. The number of carbonyl (C=O) groups excluding carboxylic acids is 1. The van der Waals surface area contributed by atoms with Gasteiger partial charge in [0, 0.05) is 11.6 Å². The van der Waals surface area contributed by atoms with E-state index in [0.29, 0.717) is 0 Å². The summed E-state index contributed by atoms with van der Waals surface area (Å²) < 4.78 is 2.02. The molecule has 5 heteroatoms. The zero-order valence-corrected chi connectivity index (χ0v) is 15.8. The van der Waals surface area contributed by atoms with Crippen molar-refractivity contribution in [2.45, 2.75) is 59.5 Å². The van der Waals surface area contributed by atoms with Gasteiger partial charge in [-0.15, -0.1) is 0 Å². The third kappa shape index (κ3) is 3.86. The van der Waals surface area contributed by atoms with E-state index in [1.54, 1.807) is 0 Å². The van der Waals surface area contributed by atoms with E-state index in [9.17, 15) is 4.79 Å². The van der Waals surface area contributed by atoms with Crippen LogP contribution in [0.4, 0.5) is 4.79 Å². The number of nitrogens with one attached hydrogen (secondary N) is 2. The number of fused-ring (bicyclic) bond motifs is 1. The van der Waals surface area contributed by atoms with E-state index in [0.717, 1.165) is 24.1 Å². The van der Waals surface area contributed by atoms with Gasteiger partial charge >= 0.3 is 6.03 Å². The van der Waals surface area contributed by atoms with Crippen LogP contribution in [0.2, 0.25) is 0 Å². The SMILES string of the molecule is Cc1ccc(-n2ncc3c2CC(C)(C)CC3NC(=O)NC(C)C)cc1. The third-order valence-electron chi connectivity index (χ3n) is 4.68. The molecule has 1 unspecified atom stereocenters. The van der Waals surface area contributed by atoms with Crippen LogP contribution in [0.1, 0.15) is 57.0 Å². The zero-order valence-electron chi connectivity index (χ0n) is 15.8. The number of rotatable bonds is 3. The molecule has 1 aromatic carbocycles. The fourth-order valence-electron chi connectivity index (χ4n) is 3.54. The number of benzene rings is 1. The van der Waals surface area contributed by atoms with Crippen molar-refractivity contribution in [3.8, 4) is 5.69 Å². The Bertz CT molecular complexity index is 759. The van der Waals surface area contributed by atoms with E-state index in [1.165, 1.54) is 11.3 Å². The highest BCUT2D eigenvalue weighted by Crippen LogP contribution is 2.41. The van der Waals surface area contributed by atoms with Crippen molar-refractivity contribution in [3.05, 3.63) is 47.3 Å². The van der Waals surface area contributed by atoms with Crippen LogP contribution in [0.15, 0.2) is 30.5 Å². The van der Waals surface area contributed by atoms with Crippen LogP contribution in [0, 0.1) is 12.3 Å². The number of urea groups is 1. The monoisotopic (exact) mass is 340 g/mol.